The molecule has 2 rings (SSSR count). The number of imidazole rings is 1. The maximum absolute atomic E-state index is 5.71. The lowest BCUT2D eigenvalue weighted by Crippen LogP contribution is -1.96. The molecule has 2 heterocycles. The van der Waals surface area contributed by atoms with Gasteiger partial charge in [0.15, 0.2) is 5.82 Å². The number of aromatic nitrogens is 5. The summed E-state index contributed by atoms with van der Waals surface area (Å²) in [4.78, 5) is 8.00. The molecule has 0 aliphatic heterocycles. The summed E-state index contributed by atoms with van der Waals surface area (Å²) in [7, 11) is 1.82. The normalized spacial score (nSPS) is 10.4. The van der Waals surface area contributed by atoms with Crippen molar-refractivity contribution in [1.82, 2.24) is 24.7 Å². The molecule has 2 aromatic rings. The average Bonchev–Trinajstić information content (AvgIpc) is 2.64. The molecular weight excluding hydrogens is 156 g/mol. The summed E-state index contributed by atoms with van der Waals surface area (Å²) >= 11 is 0. The first kappa shape index (κ1) is 6.84. The predicted molar refractivity (Wildman–Crippen MR) is 43.0 cm³/mol. The lowest BCUT2D eigenvalue weighted by Gasteiger charge is -1.94. The Morgan fingerprint density at radius 3 is 2.83 bits per heavy atom. The van der Waals surface area contributed by atoms with Crippen molar-refractivity contribution in [3.8, 4) is 11.5 Å². The lowest BCUT2D eigenvalue weighted by molar-refractivity contribution is 0.925. The van der Waals surface area contributed by atoms with E-state index in [4.69, 9.17) is 5.73 Å². The molecule has 0 radical (unpaired) electrons. The Hall–Kier alpha value is -1.85. The number of hydrogen-bond donors (Lipinski definition) is 2. The lowest BCUT2D eigenvalue weighted by atomic mass is 10.4. The molecule has 62 valence electrons. The van der Waals surface area contributed by atoms with Crippen LogP contribution in [0.1, 0.15) is 0 Å². The molecule has 0 aliphatic rings. The minimum atomic E-state index is 0.576. The summed E-state index contributed by atoms with van der Waals surface area (Å²) < 4.78 is 1.72. The van der Waals surface area contributed by atoms with Gasteiger partial charge in [0, 0.05) is 7.05 Å². The Bertz CT molecular complexity index is 373. The van der Waals surface area contributed by atoms with Crippen LogP contribution >= 0.6 is 0 Å². The fraction of sp³-hybridized carbons (Fsp3) is 0.167. The Labute approximate surface area is 68.4 Å². The van der Waals surface area contributed by atoms with Gasteiger partial charge in [0.1, 0.15) is 17.8 Å². The van der Waals surface area contributed by atoms with Gasteiger partial charge in [-0.15, -0.1) is 0 Å². The van der Waals surface area contributed by atoms with Crippen LogP contribution in [0.3, 0.4) is 0 Å². The van der Waals surface area contributed by atoms with Gasteiger partial charge in [-0.25, -0.2) is 9.97 Å². The molecule has 2 aromatic heterocycles. The van der Waals surface area contributed by atoms with Gasteiger partial charge in [0.25, 0.3) is 0 Å². The molecule has 0 atom stereocenters. The number of nitrogens with zero attached hydrogens (tertiary/aromatic N) is 4. The van der Waals surface area contributed by atoms with Gasteiger partial charge in [-0.1, -0.05) is 0 Å². The van der Waals surface area contributed by atoms with Crippen molar-refractivity contribution in [2.45, 2.75) is 0 Å². The Kier molecular flexibility index (Phi) is 1.33. The van der Waals surface area contributed by atoms with Crippen molar-refractivity contribution in [3.63, 3.8) is 0 Å². The van der Waals surface area contributed by atoms with Crippen molar-refractivity contribution < 1.29 is 0 Å². The highest BCUT2D eigenvalue weighted by Crippen LogP contribution is 2.17. The second-order valence-electron chi connectivity index (χ2n) is 2.42. The molecule has 0 unspecified atom stereocenters. The van der Waals surface area contributed by atoms with E-state index < -0.39 is 0 Å². The van der Waals surface area contributed by atoms with Crippen molar-refractivity contribution in [2.24, 2.45) is 7.05 Å². The van der Waals surface area contributed by atoms with Gasteiger partial charge in [-0.2, -0.15) is 5.10 Å². The number of anilines is 1. The Morgan fingerprint density at radius 1 is 1.50 bits per heavy atom. The largest absolute Gasteiger partial charge is 0.383 e. The molecule has 0 aromatic carbocycles. The van der Waals surface area contributed by atoms with E-state index >= 15 is 0 Å². The van der Waals surface area contributed by atoms with Crippen LogP contribution < -0.4 is 5.73 Å². The predicted octanol–water partition coefficient (Wildman–Crippen LogP) is -0.213. The number of H-pyrrole nitrogens is 1. The number of hydrogen-bond acceptors (Lipinski definition) is 4. The van der Waals surface area contributed by atoms with E-state index in [2.05, 4.69) is 20.2 Å². The third kappa shape index (κ3) is 0.849. The van der Waals surface area contributed by atoms with E-state index in [1.807, 2.05) is 7.05 Å². The van der Waals surface area contributed by atoms with Crippen LogP contribution in [0.4, 0.5) is 5.82 Å². The smallest absolute Gasteiger partial charge is 0.177 e. The number of nitrogens with one attached hydrogen (secondary N) is 1. The zero-order valence-corrected chi connectivity index (χ0v) is 6.52. The van der Waals surface area contributed by atoms with E-state index in [1.165, 1.54) is 6.33 Å². The first-order valence-corrected chi connectivity index (χ1v) is 3.41. The number of aromatic amines is 1. The van der Waals surface area contributed by atoms with Crippen LogP contribution in [0.5, 0.6) is 0 Å². The van der Waals surface area contributed by atoms with Gasteiger partial charge >= 0.3 is 0 Å². The molecule has 3 N–H and O–H groups in total. The summed E-state index contributed by atoms with van der Waals surface area (Å²) in [5.41, 5.74) is 6.34. The van der Waals surface area contributed by atoms with Crippen molar-refractivity contribution in [1.29, 1.82) is 0 Å². The first-order chi connectivity index (χ1) is 5.79. The molecule has 0 aliphatic carbocycles. The van der Waals surface area contributed by atoms with E-state index in [0.717, 1.165) is 0 Å². The van der Waals surface area contributed by atoms with Crippen LogP contribution in [0.15, 0.2) is 12.7 Å². The van der Waals surface area contributed by atoms with Gasteiger partial charge in [-0.3, -0.25) is 5.10 Å². The molecule has 0 saturated heterocycles. The third-order valence-corrected chi connectivity index (χ3v) is 1.62. The monoisotopic (exact) mass is 164 g/mol. The van der Waals surface area contributed by atoms with Crippen molar-refractivity contribution in [2.75, 3.05) is 5.73 Å². The molecule has 6 nitrogen and oxygen atoms in total. The molecule has 0 saturated carbocycles. The van der Waals surface area contributed by atoms with E-state index in [0.29, 0.717) is 17.3 Å². The maximum Gasteiger partial charge on any atom is 0.177 e. The molecule has 0 spiro atoms. The van der Waals surface area contributed by atoms with Crippen LogP contribution in [0.2, 0.25) is 0 Å². The van der Waals surface area contributed by atoms with Gasteiger partial charge in [0.05, 0.1) is 6.33 Å². The SMILES string of the molecule is Cn1cnc(-c2ncn[nH]2)c1N. The van der Waals surface area contributed by atoms with Crippen molar-refractivity contribution >= 4 is 5.82 Å². The minimum Gasteiger partial charge on any atom is -0.383 e. The minimum absolute atomic E-state index is 0.576. The summed E-state index contributed by atoms with van der Waals surface area (Å²) in [5, 5.41) is 6.40. The summed E-state index contributed by atoms with van der Waals surface area (Å²) in [5.74, 6) is 1.17. The fourth-order valence-electron chi connectivity index (χ4n) is 0.942. The van der Waals surface area contributed by atoms with Gasteiger partial charge in [-0.05, 0) is 0 Å². The fourth-order valence-corrected chi connectivity index (χ4v) is 0.942. The molecule has 12 heavy (non-hydrogen) atoms. The highest BCUT2D eigenvalue weighted by Gasteiger charge is 2.09. The summed E-state index contributed by atoms with van der Waals surface area (Å²) in [6.07, 6.45) is 3.05. The highest BCUT2D eigenvalue weighted by molar-refractivity contribution is 5.63. The molecule has 0 bridgehead atoms. The molecule has 0 amide bonds. The Morgan fingerprint density at radius 2 is 2.33 bits per heavy atom. The van der Waals surface area contributed by atoms with Gasteiger partial charge in [0.2, 0.25) is 0 Å². The van der Waals surface area contributed by atoms with Crippen LogP contribution in [0.25, 0.3) is 11.5 Å². The van der Waals surface area contributed by atoms with E-state index in [-0.39, 0.29) is 0 Å². The zero-order chi connectivity index (χ0) is 8.55. The summed E-state index contributed by atoms with van der Waals surface area (Å²) in [6.45, 7) is 0. The zero-order valence-electron chi connectivity index (χ0n) is 6.52. The molecule has 6 heteroatoms. The van der Waals surface area contributed by atoms with Crippen LogP contribution in [0, 0.1) is 0 Å². The van der Waals surface area contributed by atoms with E-state index in [9.17, 15) is 0 Å². The highest BCUT2D eigenvalue weighted by atomic mass is 15.2. The van der Waals surface area contributed by atoms with Crippen LogP contribution in [-0.2, 0) is 7.05 Å². The Balaban J connectivity index is 2.55. The summed E-state index contributed by atoms with van der Waals surface area (Å²) in [6, 6.07) is 0. The average molecular weight is 164 g/mol. The number of aryl methyl sites for hydroxylation is 1. The number of nitrogens with two attached hydrogens (primary N) is 1. The standard InChI is InChI=1S/C6H8N6/c1-12-3-9-4(5(12)7)6-8-2-10-11-6/h2-3H,7H2,1H3,(H,8,10,11). The number of nitrogen functional groups attached to an aromatic ring is 1. The quantitative estimate of drug-likeness (QED) is 0.610. The van der Waals surface area contributed by atoms with E-state index in [1.54, 1.807) is 10.9 Å². The molecular formula is C6H8N6. The van der Waals surface area contributed by atoms with Gasteiger partial charge < -0.3 is 10.3 Å². The molecule has 0 fully saturated rings. The maximum atomic E-state index is 5.71. The first-order valence-electron chi connectivity index (χ1n) is 3.41. The third-order valence-electron chi connectivity index (χ3n) is 1.62. The second-order valence-corrected chi connectivity index (χ2v) is 2.42. The topological polar surface area (TPSA) is 85.4 Å². The van der Waals surface area contributed by atoms with Crippen molar-refractivity contribution in [3.05, 3.63) is 12.7 Å². The van der Waals surface area contributed by atoms with Crippen LogP contribution in [-0.4, -0.2) is 24.7 Å². The number of rotatable bonds is 1. The second kappa shape index (κ2) is 2.33.